The van der Waals surface area contributed by atoms with Crippen molar-refractivity contribution in [2.75, 3.05) is 23.1 Å². The zero-order valence-electron chi connectivity index (χ0n) is 7.53. The molecule has 72 valence electrons. The Morgan fingerprint density at radius 2 is 2.36 bits per heavy atom. The molecule has 0 unspecified atom stereocenters. The quantitative estimate of drug-likeness (QED) is 0.784. The third-order valence-corrected chi connectivity index (χ3v) is 3.77. The molecule has 14 heavy (non-hydrogen) atoms. The molecule has 0 spiro atoms. The van der Waals surface area contributed by atoms with Gasteiger partial charge in [0.25, 0.3) is 0 Å². The Morgan fingerprint density at radius 1 is 1.50 bits per heavy atom. The van der Waals surface area contributed by atoms with Crippen molar-refractivity contribution in [1.29, 1.82) is 5.26 Å². The van der Waals surface area contributed by atoms with Gasteiger partial charge in [-0.15, -0.1) is 11.8 Å². The summed E-state index contributed by atoms with van der Waals surface area (Å²) in [5, 5.41) is 8.73. The molecule has 0 aliphatic carbocycles. The Morgan fingerprint density at radius 3 is 2.93 bits per heavy atom. The van der Waals surface area contributed by atoms with Crippen LogP contribution >= 0.6 is 27.7 Å². The molecule has 1 aromatic rings. The molecule has 0 N–H and O–H groups in total. The SMILES string of the molecule is N#Cc1ccc(N2CCSC2)c(Br)c1. The van der Waals surface area contributed by atoms with Crippen LogP contribution in [-0.2, 0) is 0 Å². The normalized spacial score (nSPS) is 15.6. The molecule has 1 aromatic carbocycles. The average molecular weight is 269 g/mol. The van der Waals surface area contributed by atoms with E-state index in [1.165, 1.54) is 11.4 Å². The van der Waals surface area contributed by atoms with Gasteiger partial charge in [-0.1, -0.05) is 0 Å². The van der Waals surface area contributed by atoms with Crippen molar-refractivity contribution in [3.05, 3.63) is 28.2 Å². The number of nitrogens with zero attached hydrogens (tertiary/aromatic N) is 2. The second-order valence-electron chi connectivity index (χ2n) is 3.08. The van der Waals surface area contributed by atoms with E-state index in [-0.39, 0.29) is 0 Å². The Kier molecular flexibility index (Phi) is 2.99. The summed E-state index contributed by atoms with van der Waals surface area (Å²) in [4.78, 5) is 2.32. The highest BCUT2D eigenvalue weighted by Crippen LogP contribution is 2.30. The van der Waals surface area contributed by atoms with Crippen molar-refractivity contribution in [3.63, 3.8) is 0 Å². The van der Waals surface area contributed by atoms with Crippen LogP contribution in [0.25, 0.3) is 0 Å². The average Bonchev–Trinajstić information content (AvgIpc) is 2.70. The van der Waals surface area contributed by atoms with E-state index < -0.39 is 0 Å². The zero-order chi connectivity index (χ0) is 9.97. The lowest BCUT2D eigenvalue weighted by molar-refractivity contribution is 0.990. The van der Waals surface area contributed by atoms with E-state index in [1.807, 2.05) is 30.0 Å². The summed E-state index contributed by atoms with van der Waals surface area (Å²) in [6, 6.07) is 7.88. The lowest BCUT2D eigenvalue weighted by Gasteiger charge is -2.18. The van der Waals surface area contributed by atoms with E-state index in [9.17, 15) is 0 Å². The Bertz CT molecular complexity index is 380. The van der Waals surface area contributed by atoms with Crippen molar-refractivity contribution < 1.29 is 0 Å². The standard InChI is InChI=1S/C10H9BrN2S/c11-9-5-8(6-12)1-2-10(9)13-3-4-14-7-13/h1-2,5H,3-4,7H2. The van der Waals surface area contributed by atoms with E-state index >= 15 is 0 Å². The molecule has 0 radical (unpaired) electrons. The van der Waals surface area contributed by atoms with Crippen LogP contribution in [0, 0.1) is 11.3 Å². The number of rotatable bonds is 1. The Labute approximate surface area is 96.0 Å². The monoisotopic (exact) mass is 268 g/mol. The molecule has 1 aliphatic heterocycles. The van der Waals surface area contributed by atoms with E-state index in [2.05, 4.69) is 26.9 Å². The van der Waals surface area contributed by atoms with Crippen molar-refractivity contribution >= 4 is 33.4 Å². The second kappa shape index (κ2) is 4.24. The molecule has 0 atom stereocenters. The topological polar surface area (TPSA) is 27.0 Å². The maximum atomic E-state index is 8.73. The fraction of sp³-hybridized carbons (Fsp3) is 0.300. The van der Waals surface area contributed by atoms with Crippen LogP contribution in [0.4, 0.5) is 5.69 Å². The number of anilines is 1. The smallest absolute Gasteiger partial charge is 0.0992 e. The fourth-order valence-electron chi connectivity index (χ4n) is 1.44. The van der Waals surface area contributed by atoms with E-state index in [0.717, 1.165) is 16.9 Å². The Hall–Kier alpha value is -0.660. The minimum atomic E-state index is 0.701. The van der Waals surface area contributed by atoms with E-state index in [0.29, 0.717) is 5.56 Å². The molecule has 1 heterocycles. The van der Waals surface area contributed by atoms with Gasteiger partial charge in [-0.05, 0) is 34.1 Å². The van der Waals surface area contributed by atoms with Gasteiger partial charge in [0.2, 0.25) is 0 Å². The third-order valence-electron chi connectivity index (χ3n) is 2.17. The highest BCUT2D eigenvalue weighted by molar-refractivity contribution is 9.10. The minimum Gasteiger partial charge on any atom is -0.361 e. The number of halogens is 1. The molecular weight excluding hydrogens is 260 g/mol. The number of hydrogen-bond donors (Lipinski definition) is 0. The second-order valence-corrected chi connectivity index (χ2v) is 5.01. The van der Waals surface area contributed by atoms with Gasteiger partial charge in [-0.3, -0.25) is 0 Å². The molecule has 0 amide bonds. The lowest BCUT2D eigenvalue weighted by Crippen LogP contribution is -2.18. The minimum absolute atomic E-state index is 0.701. The Balaban J connectivity index is 2.30. The van der Waals surface area contributed by atoms with Gasteiger partial charge in [0.05, 0.1) is 23.2 Å². The van der Waals surface area contributed by atoms with Crippen molar-refractivity contribution in [3.8, 4) is 6.07 Å². The summed E-state index contributed by atoms with van der Waals surface area (Å²) in [5.74, 6) is 2.23. The molecule has 2 rings (SSSR count). The molecule has 1 aliphatic rings. The summed E-state index contributed by atoms with van der Waals surface area (Å²) in [7, 11) is 0. The summed E-state index contributed by atoms with van der Waals surface area (Å²) >= 11 is 5.43. The lowest BCUT2D eigenvalue weighted by atomic mass is 10.2. The van der Waals surface area contributed by atoms with E-state index in [1.54, 1.807) is 0 Å². The zero-order valence-corrected chi connectivity index (χ0v) is 9.94. The first kappa shape index (κ1) is 9.88. The van der Waals surface area contributed by atoms with E-state index in [4.69, 9.17) is 5.26 Å². The van der Waals surface area contributed by atoms with Crippen LogP contribution in [0.15, 0.2) is 22.7 Å². The number of thioether (sulfide) groups is 1. The third kappa shape index (κ3) is 1.89. The molecule has 0 bridgehead atoms. The van der Waals surface area contributed by atoms with Gasteiger partial charge in [0.1, 0.15) is 0 Å². The molecule has 4 heteroatoms. The number of hydrogen-bond acceptors (Lipinski definition) is 3. The molecule has 0 aromatic heterocycles. The highest BCUT2D eigenvalue weighted by atomic mass is 79.9. The van der Waals surface area contributed by atoms with Gasteiger partial charge in [-0.25, -0.2) is 0 Å². The maximum Gasteiger partial charge on any atom is 0.0992 e. The van der Waals surface area contributed by atoms with Gasteiger partial charge < -0.3 is 4.90 Å². The van der Waals surface area contributed by atoms with Crippen LogP contribution in [0.3, 0.4) is 0 Å². The van der Waals surface area contributed by atoms with Crippen molar-refractivity contribution in [2.45, 2.75) is 0 Å². The predicted molar refractivity (Wildman–Crippen MR) is 63.5 cm³/mol. The highest BCUT2D eigenvalue weighted by Gasteiger charge is 2.15. The summed E-state index contributed by atoms with van der Waals surface area (Å²) in [6.07, 6.45) is 0. The first-order valence-corrected chi connectivity index (χ1v) is 6.28. The van der Waals surface area contributed by atoms with Gasteiger partial charge in [0, 0.05) is 16.8 Å². The van der Waals surface area contributed by atoms with Crippen LogP contribution < -0.4 is 4.90 Å². The number of nitriles is 1. The molecule has 1 saturated heterocycles. The van der Waals surface area contributed by atoms with Crippen LogP contribution in [0.1, 0.15) is 5.56 Å². The van der Waals surface area contributed by atoms with Gasteiger partial charge >= 0.3 is 0 Å². The molecule has 1 fully saturated rings. The first-order chi connectivity index (χ1) is 6.81. The predicted octanol–water partition coefficient (Wildman–Crippen LogP) is 2.83. The molecule has 0 saturated carbocycles. The summed E-state index contributed by atoms with van der Waals surface area (Å²) in [6.45, 7) is 1.09. The summed E-state index contributed by atoms with van der Waals surface area (Å²) in [5.41, 5.74) is 1.89. The van der Waals surface area contributed by atoms with Gasteiger partial charge in [0.15, 0.2) is 0 Å². The largest absolute Gasteiger partial charge is 0.361 e. The van der Waals surface area contributed by atoms with Crippen LogP contribution in [-0.4, -0.2) is 18.2 Å². The number of benzene rings is 1. The van der Waals surface area contributed by atoms with Crippen LogP contribution in [0.2, 0.25) is 0 Å². The first-order valence-electron chi connectivity index (χ1n) is 4.33. The van der Waals surface area contributed by atoms with Crippen LogP contribution in [0.5, 0.6) is 0 Å². The molecular formula is C10H9BrN2S. The fourth-order valence-corrected chi connectivity index (χ4v) is 3.03. The molecule has 2 nitrogen and oxygen atoms in total. The maximum absolute atomic E-state index is 8.73. The van der Waals surface area contributed by atoms with Crippen molar-refractivity contribution in [1.82, 2.24) is 0 Å². The summed E-state index contributed by atoms with van der Waals surface area (Å²) < 4.78 is 1.01. The van der Waals surface area contributed by atoms with Crippen molar-refractivity contribution in [2.24, 2.45) is 0 Å². The van der Waals surface area contributed by atoms with Gasteiger partial charge in [-0.2, -0.15) is 5.26 Å².